The Morgan fingerprint density at radius 1 is 0.667 bits per heavy atom. The van der Waals surface area contributed by atoms with Crippen LogP contribution in [0.15, 0.2) is 18.5 Å². The molecule has 4 aliphatic rings. The van der Waals surface area contributed by atoms with Crippen molar-refractivity contribution < 1.29 is 40.9 Å². The van der Waals surface area contributed by atoms with Crippen LogP contribution in [0.5, 0.6) is 0 Å². The molecule has 0 unspecified atom stereocenters. The zero-order chi connectivity index (χ0) is 42.8. The lowest BCUT2D eigenvalue weighted by Crippen LogP contribution is -2.56. The van der Waals surface area contributed by atoms with Crippen molar-refractivity contribution in [2.24, 2.45) is 0 Å². The smallest absolute Gasteiger partial charge is 0.308 e. The Balaban J connectivity index is 0.000000218. The van der Waals surface area contributed by atoms with Crippen molar-refractivity contribution in [1.82, 2.24) is 26.5 Å². The molecular formula is C38H68N6O9S2Si2. The van der Waals surface area contributed by atoms with E-state index >= 15 is 0 Å². The van der Waals surface area contributed by atoms with Crippen LogP contribution in [0.2, 0.25) is 36.3 Å². The van der Waals surface area contributed by atoms with E-state index in [0.717, 1.165) is 24.1 Å². The number of rotatable bonds is 8. The van der Waals surface area contributed by atoms with Crippen LogP contribution in [0.3, 0.4) is 0 Å². The molecule has 6 rings (SSSR count). The molecule has 2 aromatic heterocycles. The van der Waals surface area contributed by atoms with Crippen LogP contribution in [0.25, 0.3) is 5.57 Å². The first-order valence-corrected chi connectivity index (χ1v) is 28.8. The quantitative estimate of drug-likeness (QED) is 0.376. The Labute approximate surface area is 343 Å². The van der Waals surface area contributed by atoms with E-state index in [1.807, 2.05) is 0 Å². The van der Waals surface area contributed by atoms with Gasteiger partial charge in [0.15, 0.2) is 11.6 Å². The predicted molar refractivity (Wildman–Crippen MR) is 228 cm³/mol. The molecule has 1 saturated carbocycles. The van der Waals surface area contributed by atoms with Crippen LogP contribution < -0.4 is 10.9 Å². The Morgan fingerprint density at radius 2 is 1.09 bits per heavy atom. The van der Waals surface area contributed by atoms with Gasteiger partial charge in [0.05, 0.1) is 37.8 Å². The van der Waals surface area contributed by atoms with Crippen LogP contribution in [-0.2, 0) is 45.0 Å². The first kappa shape index (κ1) is 46.3. The van der Waals surface area contributed by atoms with Gasteiger partial charge in [-0.2, -0.15) is 25.4 Å². The highest BCUT2D eigenvalue weighted by molar-refractivity contribution is 7.88. The number of hydrogen-bond donors (Lipinski definition) is 1. The lowest BCUT2D eigenvalue weighted by molar-refractivity contribution is -0.204. The monoisotopic (exact) mass is 872 g/mol. The van der Waals surface area contributed by atoms with Gasteiger partial charge < -0.3 is 24.1 Å². The van der Waals surface area contributed by atoms with Crippen LogP contribution >= 0.6 is 0 Å². The molecule has 19 heteroatoms. The summed E-state index contributed by atoms with van der Waals surface area (Å²) in [5.41, 5.74) is 2.31. The fourth-order valence-electron chi connectivity index (χ4n) is 7.20. The third kappa shape index (κ3) is 8.72. The summed E-state index contributed by atoms with van der Waals surface area (Å²) in [6.45, 7) is 23.9. The molecule has 2 aliphatic heterocycles. The van der Waals surface area contributed by atoms with Crippen molar-refractivity contribution in [3.05, 3.63) is 29.9 Å². The fourth-order valence-corrected chi connectivity index (χ4v) is 14.3. The molecule has 2 spiro atoms. The Kier molecular flexibility index (Phi) is 12.7. The number of aliphatic hydroxyl groups is 1. The lowest BCUT2D eigenvalue weighted by atomic mass is 9.79. The van der Waals surface area contributed by atoms with Gasteiger partial charge in [-0.05, 0) is 34.9 Å². The van der Waals surface area contributed by atoms with Crippen LogP contribution in [-0.4, -0.2) is 131 Å². The van der Waals surface area contributed by atoms with Crippen molar-refractivity contribution >= 4 is 53.0 Å². The zero-order valence-electron chi connectivity index (χ0n) is 36.7. The van der Waals surface area contributed by atoms with Gasteiger partial charge in [-0.1, -0.05) is 73.8 Å². The molecule has 0 amide bonds. The summed E-state index contributed by atoms with van der Waals surface area (Å²) in [5.74, 6) is -1.10. The second kappa shape index (κ2) is 15.6. The SMILES string of the molecule is CN(C)S(=O)(=O)n1cc(C2(O)CCC3(CC2)OCCO3)nc1[Si](C)(C)C(C)(C)C.CN(C)S(=O)(=O)n1cc(C2=CCC3(CC2)OCCO3)nc1[Si](C)(C)C(C)(C)C. The van der Waals surface area contributed by atoms with Gasteiger partial charge in [0.1, 0.15) is 32.6 Å². The zero-order valence-corrected chi connectivity index (χ0v) is 40.4. The first-order chi connectivity index (χ1) is 25.9. The average Bonchev–Trinajstić information content (AvgIpc) is 3.93. The van der Waals surface area contributed by atoms with E-state index in [-0.39, 0.29) is 10.1 Å². The second-order valence-electron chi connectivity index (χ2n) is 19.5. The van der Waals surface area contributed by atoms with Gasteiger partial charge in [0.2, 0.25) is 0 Å². The molecule has 0 bridgehead atoms. The van der Waals surface area contributed by atoms with E-state index in [0.29, 0.717) is 75.1 Å². The van der Waals surface area contributed by atoms with E-state index in [4.69, 9.17) is 28.9 Å². The maximum Gasteiger partial charge on any atom is 0.308 e. The molecule has 2 aromatic rings. The second-order valence-corrected chi connectivity index (χ2v) is 33.9. The molecule has 57 heavy (non-hydrogen) atoms. The summed E-state index contributed by atoms with van der Waals surface area (Å²) in [5, 5.41) is 11.3. The van der Waals surface area contributed by atoms with Crippen molar-refractivity contribution in [2.45, 2.75) is 140 Å². The third-order valence-corrected chi connectivity index (χ3v) is 27.5. The lowest BCUT2D eigenvalue weighted by Gasteiger charge is -2.39. The van der Waals surface area contributed by atoms with E-state index < -0.39 is 53.7 Å². The summed E-state index contributed by atoms with van der Waals surface area (Å²) >= 11 is 0. The normalized spacial score (nSPS) is 21.7. The van der Waals surface area contributed by atoms with Gasteiger partial charge in [0, 0.05) is 66.3 Å². The molecule has 324 valence electrons. The van der Waals surface area contributed by atoms with E-state index in [2.05, 4.69) is 73.8 Å². The standard InChI is InChI=1S/C19H35N3O5SSi.C19H33N3O4SSi/c1-17(2,3)29(6,7)16-20-15(14-22(16)28(24,25)21(4)5)18(23)8-10-19(11-9-18)26-12-13-27-19;1-18(2,3)28(6,7)17-20-16(14-22(17)27(23,24)21(4)5)15-8-10-19(11-9-15)25-12-13-26-19/h14,23H,8-13H2,1-7H3;8,14H,9-13H2,1-7H3. The topological polar surface area (TPSA) is 168 Å². The molecule has 2 aliphatic carbocycles. The van der Waals surface area contributed by atoms with Crippen molar-refractivity contribution in [2.75, 3.05) is 54.6 Å². The van der Waals surface area contributed by atoms with Gasteiger partial charge in [0.25, 0.3) is 0 Å². The molecule has 1 N–H and O–H groups in total. The third-order valence-electron chi connectivity index (χ3n) is 13.3. The largest absolute Gasteiger partial charge is 0.383 e. The summed E-state index contributed by atoms with van der Waals surface area (Å²) in [7, 11) is -5.75. The number of hydrogen-bond acceptors (Lipinski definition) is 11. The molecule has 0 radical (unpaired) electrons. The number of nitrogens with zero attached hydrogens (tertiary/aromatic N) is 6. The number of aromatic nitrogens is 4. The maximum atomic E-state index is 13.1. The van der Waals surface area contributed by atoms with Crippen LogP contribution in [0.1, 0.15) is 97.9 Å². The Hall–Kier alpha value is -1.79. The molecule has 0 aromatic carbocycles. The minimum absolute atomic E-state index is 0.0360. The highest BCUT2D eigenvalue weighted by Crippen LogP contribution is 2.45. The van der Waals surface area contributed by atoms with E-state index in [1.165, 1.54) is 36.8 Å². The highest BCUT2D eigenvalue weighted by Gasteiger charge is 2.50. The fraction of sp³-hybridized carbons (Fsp3) is 0.789. The van der Waals surface area contributed by atoms with Crippen LogP contribution in [0, 0.1) is 0 Å². The summed E-state index contributed by atoms with van der Waals surface area (Å²) < 4.78 is 80.5. The molecule has 2 saturated heterocycles. The molecule has 0 atom stereocenters. The highest BCUT2D eigenvalue weighted by atomic mass is 32.2. The molecule has 4 heterocycles. The van der Waals surface area contributed by atoms with E-state index in [1.54, 1.807) is 20.3 Å². The Bertz CT molecular complexity index is 2020. The number of allylic oxidation sites excluding steroid dienone is 1. The summed E-state index contributed by atoms with van der Waals surface area (Å²) in [6.07, 6.45) is 9.48. The maximum absolute atomic E-state index is 13.1. The van der Waals surface area contributed by atoms with Crippen molar-refractivity contribution in [3.8, 4) is 0 Å². The number of imidazole rings is 2. The molecular weight excluding hydrogens is 805 g/mol. The predicted octanol–water partition coefficient (Wildman–Crippen LogP) is 4.32. The first-order valence-electron chi connectivity index (χ1n) is 20.0. The van der Waals surface area contributed by atoms with E-state index in [9.17, 15) is 21.9 Å². The van der Waals surface area contributed by atoms with Crippen molar-refractivity contribution in [3.63, 3.8) is 0 Å². The molecule has 15 nitrogen and oxygen atoms in total. The molecule has 3 fully saturated rings. The van der Waals surface area contributed by atoms with Crippen LogP contribution in [0.4, 0.5) is 0 Å². The summed E-state index contributed by atoms with van der Waals surface area (Å²) in [4.78, 5) is 9.70. The Morgan fingerprint density at radius 3 is 1.49 bits per heavy atom. The average molecular weight is 873 g/mol. The minimum atomic E-state index is -3.76. The van der Waals surface area contributed by atoms with Gasteiger partial charge >= 0.3 is 20.4 Å². The van der Waals surface area contributed by atoms with Gasteiger partial charge in [-0.3, -0.25) is 0 Å². The minimum Gasteiger partial charge on any atom is -0.383 e. The van der Waals surface area contributed by atoms with Gasteiger partial charge in [-0.25, -0.2) is 17.9 Å². The van der Waals surface area contributed by atoms with Gasteiger partial charge in [-0.15, -0.1) is 0 Å². The number of ether oxygens (including phenoxy) is 4. The van der Waals surface area contributed by atoms with Crippen molar-refractivity contribution in [1.29, 1.82) is 0 Å². The summed E-state index contributed by atoms with van der Waals surface area (Å²) in [6, 6.07) is 0.